The number of nitrogens with one attached hydrogen (secondary N) is 1. The first-order valence-electron chi connectivity index (χ1n) is 7.81. The van der Waals surface area contributed by atoms with Gasteiger partial charge in [-0.3, -0.25) is 0 Å². The van der Waals surface area contributed by atoms with Crippen LogP contribution in [0.25, 0.3) is 0 Å². The molecule has 1 aromatic rings. The van der Waals surface area contributed by atoms with Crippen molar-refractivity contribution < 1.29 is 4.74 Å². The predicted molar refractivity (Wildman–Crippen MR) is 86.7 cm³/mol. The van der Waals surface area contributed by atoms with Crippen LogP contribution in [-0.2, 0) is 17.9 Å². The van der Waals surface area contributed by atoms with Crippen LogP contribution in [0, 0.1) is 11.8 Å². The fourth-order valence-corrected chi connectivity index (χ4v) is 2.66. The molecule has 0 heterocycles. The molecule has 0 bridgehead atoms. The van der Waals surface area contributed by atoms with Gasteiger partial charge >= 0.3 is 0 Å². The van der Waals surface area contributed by atoms with E-state index in [0.717, 1.165) is 18.4 Å². The Bertz CT molecular complexity index is 363. The minimum atomic E-state index is 0.612. The molecule has 1 aromatic carbocycles. The van der Waals surface area contributed by atoms with Gasteiger partial charge in [-0.2, -0.15) is 0 Å². The highest BCUT2D eigenvalue weighted by molar-refractivity contribution is 5.22. The second-order valence-corrected chi connectivity index (χ2v) is 6.59. The molecule has 0 saturated heterocycles. The number of hydrogen-bond donors (Lipinski definition) is 1. The van der Waals surface area contributed by atoms with Gasteiger partial charge in [-0.15, -0.1) is 0 Å². The average molecular weight is 277 g/mol. The highest BCUT2D eigenvalue weighted by Gasteiger charge is 2.12. The van der Waals surface area contributed by atoms with Crippen molar-refractivity contribution in [2.24, 2.45) is 11.8 Å². The Balaban J connectivity index is 2.54. The van der Waals surface area contributed by atoms with Gasteiger partial charge in [0.2, 0.25) is 0 Å². The molecule has 0 fully saturated rings. The van der Waals surface area contributed by atoms with E-state index in [1.165, 1.54) is 24.0 Å². The molecule has 1 rings (SSSR count). The normalized spacial score (nSPS) is 11.8. The summed E-state index contributed by atoms with van der Waals surface area (Å²) < 4.78 is 5.19. The van der Waals surface area contributed by atoms with Crippen molar-refractivity contribution in [3.8, 4) is 0 Å². The van der Waals surface area contributed by atoms with Crippen LogP contribution in [0.2, 0.25) is 0 Å². The van der Waals surface area contributed by atoms with Gasteiger partial charge in [0.15, 0.2) is 0 Å². The fraction of sp³-hybridized carbons (Fsp3) is 0.667. The summed E-state index contributed by atoms with van der Waals surface area (Å²) in [5.74, 6) is 1.48. The lowest BCUT2D eigenvalue weighted by atomic mass is 9.95. The number of benzene rings is 1. The van der Waals surface area contributed by atoms with Gasteiger partial charge in [0.25, 0.3) is 0 Å². The summed E-state index contributed by atoms with van der Waals surface area (Å²) in [5.41, 5.74) is 2.59. The average Bonchev–Trinajstić information content (AvgIpc) is 2.35. The molecule has 0 unspecified atom stereocenters. The summed E-state index contributed by atoms with van der Waals surface area (Å²) in [6, 6.07) is 9.27. The second kappa shape index (κ2) is 9.15. The van der Waals surface area contributed by atoms with Crippen LogP contribution in [0.4, 0.5) is 0 Å². The van der Waals surface area contributed by atoms with Gasteiger partial charge in [0.1, 0.15) is 0 Å². The van der Waals surface area contributed by atoms with Gasteiger partial charge < -0.3 is 10.1 Å². The van der Waals surface area contributed by atoms with Crippen molar-refractivity contribution in [3.63, 3.8) is 0 Å². The molecular weight excluding hydrogens is 246 g/mol. The lowest BCUT2D eigenvalue weighted by Gasteiger charge is -2.22. The Morgan fingerprint density at radius 3 is 2.15 bits per heavy atom. The number of methoxy groups -OCH3 is 1. The summed E-state index contributed by atoms with van der Waals surface area (Å²) in [5, 5.41) is 3.73. The van der Waals surface area contributed by atoms with E-state index >= 15 is 0 Å². The Morgan fingerprint density at radius 1 is 1.00 bits per heavy atom. The van der Waals surface area contributed by atoms with E-state index in [9.17, 15) is 0 Å². The van der Waals surface area contributed by atoms with Crippen LogP contribution in [0.1, 0.15) is 51.7 Å². The van der Waals surface area contributed by atoms with Gasteiger partial charge in [0.05, 0.1) is 6.61 Å². The van der Waals surface area contributed by atoms with Gasteiger partial charge in [0, 0.05) is 19.7 Å². The Labute approximate surface area is 124 Å². The molecule has 0 atom stereocenters. The molecule has 0 saturated carbocycles. The first-order chi connectivity index (χ1) is 9.51. The summed E-state index contributed by atoms with van der Waals surface area (Å²) in [6.07, 6.45) is 2.49. The van der Waals surface area contributed by atoms with Crippen LogP contribution in [-0.4, -0.2) is 13.2 Å². The van der Waals surface area contributed by atoms with Crippen molar-refractivity contribution in [2.75, 3.05) is 7.11 Å². The first-order valence-corrected chi connectivity index (χ1v) is 7.81. The molecular formula is C18H31NO. The van der Waals surface area contributed by atoms with Gasteiger partial charge in [-0.25, -0.2) is 0 Å². The smallest absolute Gasteiger partial charge is 0.0713 e. The largest absolute Gasteiger partial charge is 0.380 e. The van der Waals surface area contributed by atoms with Crippen LogP contribution >= 0.6 is 0 Å². The van der Waals surface area contributed by atoms with E-state index < -0.39 is 0 Å². The minimum absolute atomic E-state index is 0.612. The third-order valence-electron chi connectivity index (χ3n) is 3.41. The molecule has 0 amide bonds. The third kappa shape index (κ3) is 7.06. The van der Waals surface area contributed by atoms with Crippen LogP contribution in [0.5, 0.6) is 0 Å². The summed E-state index contributed by atoms with van der Waals surface area (Å²) in [4.78, 5) is 0. The maximum absolute atomic E-state index is 5.19. The maximum atomic E-state index is 5.19. The molecule has 0 aliphatic heterocycles. The lowest BCUT2D eigenvalue weighted by molar-refractivity contribution is 0.185. The molecule has 2 heteroatoms. The Kier molecular flexibility index (Phi) is 7.86. The van der Waals surface area contributed by atoms with E-state index in [0.29, 0.717) is 12.6 Å². The van der Waals surface area contributed by atoms with Crippen LogP contribution in [0.3, 0.4) is 0 Å². The van der Waals surface area contributed by atoms with E-state index in [4.69, 9.17) is 4.74 Å². The van der Waals surface area contributed by atoms with E-state index in [-0.39, 0.29) is 0 Å². The Morgan fingerprint density at radius 2 is 1.60 bits per heavy atom. The topological polar surface area (TPSA) is 21.3 Å². The number of ether oxygens (including phenoxy) is 1. The lowest BCUT2D eigenvalue weighted by Crippen LogP contribution is -2.31. The zero-order valence-corrected chi connectivity index (χ0v) is 13.8. The Hall–Kier alpha value is -0.860. The molecule has 0 spiro atoms. The van der Waals surface area contributed by atoms with Crippen molar-refractivity contribution >= 4 is 0 Å². The van der Waals surface area contributed by atoms with Gasteiger partial charge in [-0.1, -0.05) is 52.0 Å². The second-order valence-electron chi connectivity index (χ2n) is 6.59. The van der Waals surface area contributed by atoms with Gasteiger partial charge in [-0.05, 0) is 35.8 Å². The standard InChI is InChI=1S/C18H31NO/c1-14(2)9-18(10-15(3)4)19-12-16-7-6-8-17(11-16)13-20-5/h6-8,11,14-15,18-19H,9-10,12-13H2,1-5H3. The highest BCUT2D eigenvalue weighted by atomic mass is 16.5. The summed E-state index contributed by atoms with van der Waals surface area (Å²) in [6.45, 7) is 10.8. The molecule has 0 aliphatic carbocycles. The minimum Gasteiger partial charge on any atom is -0.380 e. The number of rotatable bonds is 9. The van der Waals surface area contributed by atoms with Crippen LogP contribution in [0.15, 0.2) is 24.3 Å². The zero-order valence-electron chi connectivity index (χ0n) is 13.8. The van der Waals surface area contributed by atoms with E-state index in [1.54, 1.807) is 7.11 Å². The third-order valence-corrected chi connectivity index (χ3v) is 3.41. The fourth-order valence-electron chi connectivity index (χ4n) is 2.66. The molecule has 0 aliphatic rings. The molecule has 20 heavy (non-hydrogen) atoms. The maximum Gasteiger partial charge on any atom is 0.0713 e. The highest BCUT2D eigenvalue weighted by Crippen LogP contribution is 2.14. The van der Waals surface area contributed by atoms with E-state index in [1.807, 2.05) is 0 Å². The molecule has 114 valence electrons. The number of hydrogen-bond acceptors (Lipinski definition) is 2. The molecule has 1 N–H and O–H groups in total. The zero-order chi connectivity index (χ0) is 15.0. The summed E-state index contributed by atoms with van der Waals surface area (Å²) in [7, 11) is 1.74. The van der Waals surface area contributed by atoms with Crippen LogP contribution < -0.4 is 5.32 Å². The molecule has 2 nitrogen and oxygen atoms in total. The predicted octanol–water partition coefficient (Wildman–Crippen LogP) is 4.38. The van der Waals surface area contributed by atoms with E-state index in [2.05, 4.69) is 57.3 Å². The SMILES string of the molecule is COCc1cccc(CNC(CC(C)C)CC(C)C)c1. The molecule has 0 aromatic heterocycles. The van der Waals surface area contributed by atoms with Crippen molar-refractivity contribution in [1.82, 2.24) is 5.32 Å². The monoisotopic (exact) mass is 277 g/mol. The quantitative estimate of drug-likeness (QED) is 0.723. The molecule has 0 radical (unpaired) electrons. The first kappa shape index (κ1) is 17.2. The van der Waals surface area contributed by atoms with Crippen molar-refractivity contribution in [3.05, 3.63) is 35.4 Å². The van der Waals surface area contributed by atoms with Crippen molar-refractivity contribution in [2.45, 2.75) is 59.7 Å². The van der Waals surface area contributed by atoms with Crippen molar-refractivity contribution in [1.29, 1.82) is 0 Å². The summed E-state index contributed by atoms with van der Waals surface area (Å²) >= 11 is 0.